The zero-order valence-corrected chi connectivity index (χ0v) is 17.7. The Labute approximate surface area is 186 Å². The molecule has 1 heterocycles. The molecule has 6 nitrogen and oxygen atoms in total. The third-order valence-corrected chi connectivity index (χ3v) is 4.73. The van der Waals surface area contributed by atoms with Gasteiger partial charge in [0, 0.05) is 17.3 Å². The van der Waals surface area contributed by atoms with Gasteiger partial charge in [-0.2, -0.15) is 10.2 Å². The van der Waals surface area contributed by atoms with Crippen molar-refractivity contribution >= 4 is 29.2 Å². The van der Waals surface area contributed by atoms with Crippen LogP contribution in [-0.2, 0) is 0 Å². The number of nitrogens with zero attached hydrogens (tertiary/aromatic N) is 3. The maximum Gasteiger partial charge on any atom is 0.191 e. The number of para-hydroxylation sites is 3. The highest BCUT2D eigenvalue weighted by Crippen LogP contribution is 2.23. The summed E-state index contributed by atoms with van der Waals surface area (Å²) in [6, 6.07) is 27.5. The van der Waals surface area contributed by atoms with E-state index in [0.29, 0.717) is 10.9 Å². The molecule has 0 aliphatic rings. The average molecular weight is 428 g/mol. The number of thiocarbonyl (C=S) groups is 1. The molecule has 4 rings (SSSR count). The Kier molecular flexibility index (Phi) is 6.35. The Morgan fingerprint density at radius 2 is 1.65 bits per heavy atom. The highest BCUT2D eigenvalue weighted by molar-refractivity contribution is 7.80. The molecule has 0 bridgehead atoms. The van der Waals surface area contributed by atoms with Gasteiger partial charge >= 0.3 is 0 Å². The van der Waals surface area contributed by atoms with E-state index in [1.165, 1.54) is 0 Å². The Balaban J connectivity index is 1.55. The van der Waals surface area contributed by atoms with Gasteiger partial charge in [0.05, 0.1) is 24.7 Å². The molecule has 0 saturated carbocycles. The Morgan fingerprint density at radius 3 is 2.39 bits per heavy atom. The monoisotopic (exact) mass is 427 g/mol. The van der Waals surface area contributed by atoms with Crippen molar-refractivity contribution in [3.8, 4) is 22.7 Å². The quantitative estimate of drug-likeness (QED) is 0.261. The van der Waals surface area contributed by atoms with Gasteiger partial charge in [0.25, 0.3) is 0 Å². The number of hydrogen-bond donors (Lipinski definition) is 2. The summed E-state index contributed by atoms with van der Waals surface area (Å²) in [5, 5.41) is 12.5. The minimum absolute atomic E-state index is 0.359. The van der Waals surface area contributed by atoms with E-state index in [9.17, 15) is 0 Å². The number of ether oxygens (including phenoxy) is 1. The lowest BCUT2D eigenvalue weighted by atomic mass is 10.1. The van der Waals surface area contributed by atoms with Crippen molar-refractivity contribution in [3.05, 3.63) is 96.7 Å². The highest BCUT2D eigenvalue weighted by Gasteiger charge is 2.11. The van der Waals surface area contributed by atoms with E-state index >= 15 is 0 Å². The average Bonchev–Trinajstić information content (AvgIpc) is 3.25. The van der Waals surface area contributed by atoms with Crippen molar-refractivity contribution in [1.29, 1.82) is 0 Å². The molecule has 2 N–H and O–H groups in total. The van der Waals surface area contributed by atoms with Gasteiger partial charge in [-0.15, -0.1) is 0 Å². The first-order chi connectivity index (χ1) is 15.2. The minimum Gasteiger partial charge on any atom is -0.495 e. The van der Waals surface area contributed by atoms with E-state index in [2.05, 4.69) is 15.8 Å². The molecule has 0 amide bonds. The van der Waals surface area contributed by atoms with Crippen molar-refractivity contribution in [2.75, 3.05) is 12.4 Å². The molecular weight excluding hydrogens is 406 g/mol. The van der Waals surface area contributed by atoms with Crippen LogP contribution in [-0.4, -0.2) is 28.2 Å². The van der Waals surface area contributed by atoms with Crippen LogP contribution in [0.4, 0.5) is 5.69 Å². The maximum atomic E-state index is 5.35. The summed E-state index contributed by atoms with van der Waals surface area (Å²) in [5.74, 6) is 0.700. The van der Waals surface area contributed by atoms with Crippen LogP contribution in [0.3, 0.4) is 0 Å². The highest BCUT2D eigenvalue weighted by atomic mass is 32.1. The molecule has 0 aliphatic carbocycles. The molecule has 31 heavy (non-hydrogen) atoms. The lowest BCUT2D eigenvalue weighted by molar-refractivity contribution is 0.417. The minimum atomic E-state index is 0.359. The molecule has 0 aliphatic heterocycles. The van der Waals surface area contributed by atoms with Crippen molar-refractivity contribution in [1.82, 2.24) is 15.2 Å². The number of anilines is 1. The fraction of sp³-hybridized carbons (Fsp3) is 0.0417. The topological polar surface area (TPSA) is 63.5 Å². The Hall–Kier alpha value is -3.97. The van der Waals surface area contributed by atoms with Crippen LogP contribution in [0.5, 0.6) is 5.75 Å². The smallest absolute Gasteiger partial charge is 0.191 e. The van der Waals surface area contributed by atoms with Crippen LogP contribution in [0, 0.1) is 0 Å². The molecule has 3 aromatic carbocycles. The third kappa shape index (κ3) is 4.96. The van der Waals surface area contributed by atoms with Gasteiger partial charge in [-0.25, -0.2) is 4.68 Å². The summed E-state index contributed by atoms with van der Waals surface area (Å²) >= 11 is 5.35. The predicted octanol–water partition coefficient (Wildman–Crippen LogP) is 4.87. The number of nitrogens with one attached hydrogen (secondary N) is 2. The van der Waals surface area contributed by atoms with E-state index in [-0.39, 0.29) is 0 Å². The van der Waals surface area contributed by atoms with Crippen LogP contribution in [0.25, 0.3) is 16.9 Å². The SMILES string of the molecule is COc1ccccc1NC(=S)NN=Cc1cn(-c2ccccc2)nc1-c1ccccc1. The molecule has 0 spiro atoms. The van der Waals surface area contributed by atoms with Crippen LogP contribution >= 0.6 is 12.2 Å². The molecule has 0 atom stereocenters. The lowest BCUT2D eigenvalue weighted by Crippen LogP contribution is -2.24. The Morgan fingerprint density at radius 1 is 0.968 bits per heavy atom. The number of benzene rings is 3. The van der Waals surface area contributed by atoms with Crippen molar-refractivity contribution < 1.29 is 4.74 Å². The fourth-order valence-electron chi connectivity index (χ4n) is 3.07. The molecular formula is C24H21N5OS. The molecule has 0 unspecified atom stereocenters. The summed E-state index contributed by atoms with van der Waals surface area (Å²) in [6.45, 7) is 0. The van der Waals surface area contributed by atoms with Gasteiger partial charge in [0.15, 0.2) is 5.11 Å². The normalized spacial score (nSPS) is 10.7. The van der Waals surface area contributed by atoms with Gasteiger partial charge in [0.2, 0.25) is 0 Å². The molecule has 1 aromatic heterocycles. The van der Waals surface area contributed by atoms with Gasteiger partial charge < -0.3 is 10.1 Å². The second-order valence-electron chi connectivity index (χ2n) is 6.60. The van der Waals surface area contributed by atoms with E-state index in [1.807, 2.05) is 95.8 Å². The van der Waals surface area contributed by atoms with E-state index in [1.54, 1.807) is 13.3 Å². The molecule has 0 saturated heterocycles. The second-order valence-corrected chi connectivity index (χ2v) is 7.01. The fourth-order valence-corrected chi connectivity index (χ4v) is 3.24. The van der Waals surface area contributed by atoms with Crippen LogP contribution in [0.15, 0.2) is 96.2 Å². The summed E-state index contributed by atoms with van der Waals surface area (Å²) in [7, 11) is 1.62. The van der Waals surface area contributed by atoms with Gasteiger partial charge in [-0.05, 0) is 36.5 Å². The van der Waals surface area contributed by atoms with Gasteiger partial charge in [-0.3, -0.25) is 5.43 Å². The number of hydrazone groups is 1. The van der Waals surface area contributed by atoms with Crippen LogP contribution in [0.1, 0.15) is 5.56 Å². The zero-order valence-electron chi connectivity index (χ0n) is 16.9. The first kappa shape index (κ1) is 20.3. The third-order valence-electron chi connectivity index (χ3n) is 4.54. The largest absolute Gasteiger partial charge is 0.495 e. The number of hydrogen-bond acceptors (Lipinski definition) is 4. The first-order valence-corrected chi connectivity index (χ1v) is 10.1. The van der Waals surface area contributed by atoms with E-state index in [4.69, 9.17) is 22.1 Å². The van der Waals surface area contributed by atoms with Crippen molar-refractivity contribution in [3.63, 3.8) is 0 Å². The zero-order chi connectivity index (χ0) is 21.5. The molecule has 154 valence electrons. The summed E-state index contributed by atoms with van der Waals surface area (Å²) in [6.07, 6.45) is 3.66. The lowest BCUT2D eigenvalue weighted by Gasteiger charge is -2.10. The maximum absolute atomic E-state index is 5.35. The summed E-state index contributed by atoms with van der Waals surface area (Å²) in [5.41, 5.74) is 7.30. The molecule has 0 radical (unpaired) electrons. The number of methoxy groups -OCH3 is 1. The molecule has 4 aromatic rings. The van der Waals surface area contributed by atoms with Crippen LogP contribution in [0.2, 0.25) is 0 Å². The van der Waals surface area contributed by atoms with E-state index in [0.717, 1.165) is 28.2 Å². The predicted molar refractivity (Wildman–Crippen MR) is 129 cm³/mol. The molecule has 0 fully saturated rings. The first-order valence-electron chi connectivity index (χ1n) is 9.68. The van der Waals surface area contributed by atoms with Crippen molar-refractivity contribution in [2.24, 2.45) is 5.10 Å². The number of aromatic nitrogens is 2. The molecule has 7 heteroatoms. The van der Waals surface area contributed by atoms with Gasteiger partial charge in [-0.1, -0.05) is 60.7 Å². The second kappa shape index (κ2) is 9.69. The van der Waals surface area contributed by atoms with Gasteiger partial charge in [0.1, 0.15) is 11.4 Å². The van der Waals surface area contributed by atoms with Crippen LogP contribution < -0.4 is 15.5 Å². The van der Waals surface area contributed by atoms with E-state index < -0.39 is 0 Å². The summed E-state index contributed by atoms with van der Waals surface area (Å²) in [4.78, 5) is 0. The number of rotatable bonds is 6. The summed E-state index contributed by atoms with van der Waals surface area (Å²) < 4.78 is 7.17. The standard InChI is InChI=1S/C24H21N5OS/c1-30-22-15-9-8-14-21(22)26-24(31)27-25-16-19-17-29(20-12-6-3-7-13-20)28-23(19)18-10-4-2-5-11-18/h2-17H,1H3,(H2,26,27,31). The van der Waals surface area contributed by atoms with Crippen molar-refractivity contribution in [2.45, 2.75) is 0 Å². The Bertz CT molecular complexity index is 1190.